The average molecular weight is 450 g/mol. The third kappa shape index (κ3) is 2.36. The summed E-state index contributed by atoms with van der Waals surface area (Å²) in [5.74, 6) is 0. The van der Waals surface area contributed by atoms with E-state index in [4.69, 9.17) is 0 Å². The lowest BCUT2D eigenvalue weighted by Gasteiger charge is -2.36. The molecule has 8 rings (SSSR count). The summed E-state index contributed by atoms with van der Waals surface area (Å²) in [6, 6.07) is 42.1. The van der Waals surface area contributed by atoms with E-state index < -0.39 is 0 Å². The molecule has 34 heavy (non-hydrogen) atoms. The fraction of sp³-hybridized carbons (Fsp3) is 0. The van der Waals surface area contributed by atoms with E-state index >= 15 is 0 Å². The van der Waals surface area contributed by atoms with Crippen LogP contribution in [0.15, 0.2) is 115 Å². The second-order valence-electron chi connectivity index (χ2n) is 8.99. The predicted octanol–water partition coefficient (Wildman–Crippen LogP) is 7.72. The zero-order valence-corrected chi connectivity index (χ0v) is 19.2. The molecule has 0 aliphatic carbocycles. The van der Waals surface area contributed by atoms with E-state index in [1.807, 2.05) is 11.3 Å². The number of hydrogen-bond acceptors (Lipinski definition) is 3. The van der Waals surface area contributed by atoms with Crippen LogP contribution in [0.2, 0.25) is 0 Å². The van der Waals surface area contributed by atoms with Gasteiger partial charge in [-0.3, -0.25) is 0 Å². The van der Waals surface area contributed by atoms with Gasteiger partial charge in [0.05, 0.1) is 11.4 Å². The molecule has 1 aromatic heterocycles. The first-order chi connectivity index (χ1) is 16.9. The summed E-state index contributed by atoms with van der Waals surface area (Å²) >= 11 is 1.88. The molecular weight excluding hydrogens is 431 g/mol. The van der Waals surface area contributed by atoms with Gasteiger partial charge in [-0.2, -0.15) is 0 Å². The van der Waals surface area contributed by atoms with Crippen LogP contribution in [0.25, 0.3) is 31.3 Å². The van der Waals surface area contributed by atoms with E-state index in [0.29, 0.717) is 0 Å². The van der Waals surface area contributed by atoms with Crippen molar-refractivity contribution in [2.75, 3.05) is 9.62 Å². The van der Waals surface area contributed by atoms with Crippen molar-refractivity contribution in [1.82, 2.24) is 0 Å². The third-order valence-electron chi connectivity index (χ3n) is 7.21. The lowest BCUT2D eigenvalue weighted by Crippen LogP contribution is -2.55. The summed E-state index contributed by atoms with van der Waals surface area (Å²) in [7, 11) is 0. The molecule has 4 heteroatoms. The molecule has 0 amide bonds. The first-order valence-electron chi connectivity index (χ1n) is 11.7. The lowest BCUT2D eigenvalue weighted by molar-refractivity contribution is 1.38. The fourth-order valence-corrected chi connectivity index (χ4v) is 6.92. The largest absolute Gasteiger partial charge is 0.421 e. The summed E-state index contributed by atoms with van der Waals surface area (Å²) in [5, 5.41) is 2.68. The highest BCUT2D eigenvalue weighted by Gasteiger charge is 2.47. The Kier molecular flexibility index (Phi) is 3.66. The molecular formula is C30H19BN2S. The van der Waals surface area contributed by atoms with Crippen molar-refractivity contribution in [3.05, 3.63) is 115 Å². The highest BCUT2D eigenvalue weighted by atomic mass is 32.1. The molecule has 0 saturated carbocycles. The van der Waals surface area contributed by atoms with Gasteiger partial charge in [0.15, 0.2) is 0 Å². The molecule has 0 bridgehead atoms. The van der Waals surface area contributed by atoms with E-state index in [-0.39, 0.29) is 6.98 Å². The highest BCUT2D eigenvalue weighted by Crippen LogP contribution is 2.53. The quantitative estimate of drug-likeness (QED) is 0.237. The van der Waals surface area contributed by atoms with Gasteiger partial charge in [0.2, 0.25) is 0 Å². The molecule has 0 unspecified atom stereocenters. The highest BCUT2D eigenvalue weighted by molar-refractivity contribution is 7.25. The summed E-state index contributed by atoms with van der Waals surface area (Å²) in [6.45, 7) is 0.0753. The van der Waals surface area contributed by atoms with E-state index in [0.717, 1.165) is 0 Å². The molecule has 158 valence electrons. The van der Waals surface area contributed by atoms with Gasteiger partial charge in [-0.05, 0) is 47.4 Å². The standard InChI is InChI=1S/C30H19BN2S/c1-2-10-20(11-3-1)32-28-19-30-24(23-14-6-9-17-29(23)34-30)18-27(28)33-26-16-8-5-13-22(26)21-12-4-7-15-25(21)31(32)33/h1-19H. The monoisotopic (exact) mass is 450 g/mol. The maximum Gasteiger partial charge on any atom is 0.421 e. The second-order valence-corrected chi connectivity index (χ2v) is 10.1. The molecule has 0 atom stereocenters. The smallest absolute Gasteiger partial charge is 0.360 e. The van der Waals surface area contributed by atoms with E-state index in [1.165, 1.54) is 59.5 Å². The van der Waals surface area contributed by atoms with Crippen LogP contribution in [0.4, 0.5) is 22.7 Å². The Hall–Kier alpha value is -4.02. The third-order valence-corrected chi connectivity index (χ3v) is 8.34. The molecule has 0 saturated heterocycles. The molecule has 0 spiro atoms. The minimum atomic E-state index is 0.0753. The van der Waals surface area contributed by atoms with Crippen molar-refractivity contribution in [1.29, 1.82) is 0 Å². The van der Waals surface area contributed by atoms with E-state index in [9.17, 15) is 0 Å². The zero-order valence-electron chi connectivity index (χ0n) is 18.3. The number of anilines is 4. The zero-order chi connectivity index (χ0) is 22.2. The maximum atomic E-state index is 2.55. The van der Waals surface area contributed by atoms with Crippen LogP contribution in [-0.2, 0) is 0 Å². The summed E-state index contributed by atoms with van der Waals surface area (Å²) in [6.07, 6.45) is 0. The van der Waals surface area contributed by atoms with Crippen LogP contribution in [0, 0.1) is 0 Å². The number of nitrogens with zero attached hydrogens (tertiary/aromatic N) is 2. The predicted molar refractivity (Wildman–Crippen MR) is 147 cm³/mol. The topological polar surface area (TPSA) is 6.48 Å². The van der Waals surface area contributed by atoms with Crippen LogP contribution in [0.3, 0.4) is 0 Å². The van der Waals surface area contributed by atoms with Crippen LogP contribution in [-0.4, -0.2) is 6.98 Å². The summed E-state index contributed by atoms with van der Waals surface area (Å²) in [5.41, 5.74) is 8.98. The number of thiophene rings is 1. The van der Waals surface area contributed by atoms with Gasteiger partial charge in [-0.15, -0.1) is 11.3 Å². The van der Waals surface area contributed by atoms with Crippen LogP contribution in [0.1, 0.15) is 0 Å². The molecule has 5 aromatic carbocycles. The van der Waals surface area contributed by atoms with Crippen molar-refractivity contribution in [3.63, 3.8) is 0 Å². The number of hydrogen-bond donors (Lipinski definition) is 0. The summed E-state index contributed by atoms with van der Waals surface area (Å²) < 4.78 is 2.68. The van der Waals surface area contributed by atoms with Crippen molar-refractivity contribution in [3.8, 4) is 11.1 Å². The van der Waals surface area contributed by atoms with Gasteiger partial charge in [-0.25, -0.2) is 0 Å². The number of para-hydroxylation sites is 2. The van der Waals surface area contributed by atoms with Crippen molar-refractivity contribution >= 4 is 66.7 Å². The minimum absolute atomic E-state index is 0.0753. The Bertz CT molecular complexity index is 1740. The van der Waals surface area contributed by atoms with Crippen molar-refractivity contribution in [2.45, 2.75) is 0 Å². The fourth-order valence-electron chi connectivity index (χ4n) is 5.80. The normalized spacial score (nSPS) is 13.7. The van der Waals surface area contributed by atoms with Crippen LogP contribution < -0.4 is 15.1 Å². The van der Waals surface area contributed by atoms with Gasteiger partial charge in [0.1, 0.15) is 0 Å². The number of rotatable bonds is 1. The number of fused-ring (bicyclic) bond motifs is 11. The Morgan fingerprint density at radius 2 is 1.21 bits per heavy atom. The van der Waals surface area contributed by atoms with Crippen molar-refractivity contribution in [2.24, 2.45) is 0 Å². The summed E-state index contributed by atoms with van der Waals surface area (Å²) in [4.78, 5) is 5.07. The molecule has 2 aliphatic heterocycles. The SMILES string of the molecule is c1ccc(N2B3c4ccccc4-c4ccccc4N3c3cc4c(cc32)sc2ccccc24)cc1. The molecule has 2 nitrogen and oxygen atoms in total. The average Bonchev–Trinajstić information content (AvgIpc) is 3.43. The Balaban J connectivity index is 1.50. The van der Waals surface area contributed by atoms with Crippen LogP contribution in [0.5, 0.6) is 0 Å². The maximum absolute atomic E-state index is 2.55. The Morgan fingerprint density at radius 1 is 0.500 bits per heavy atom. The molecule has 0 fully saturated rings. The van der Waals surface area contributed by atoms with Gasteiger partial charge < -0.3 is 9.62 Å². The van der Waals surface area contributed by atoms with Gasteiger partial charge >= 0.3 is 6.98 Å². The first kappa shape index (κ1) is 18.4. The molecule has 6 aromatic rings. The lowest BCUT2D eigenvalue weighted by atomic mass is 9.59. The number of benzene rings is 5. The van der Waals surface area contributed by atoms with Gasteiger partial charge in [-0.1, -0.05) is 78.9 Å². The second kappa shape index (κ2) is 6.75. The van der Waals surface area contributed by atoms with E-state index in [1.54, 1.807) is 0 Å². The van der Waals surface area contributed by atoms with Crippen LogP contribution >= 0.6 is 11.3 Å². The Labute approximate surface area is 202 Å². The molecule has 2 aliphatic rings. The minimum Gasteiger partial charge on any atom is -0.360 e. The first-order valence-corrected chi connectivity index (χ1v) is 12.5. The molecule has 3 heterocycles. The molecule has 0 radical (unpaired) electrons. The molecule has 0 N–H and O–H groups in total. The van der Waals surface area contributed by atoms with Gasteiger partial charge in [0.25, 0.3) is 0 Å². The van der Waals surface area contributed by atoms with Crippen molar-refractivity contribution < 1.29 is 0 Å². The Morgan fingerprint density at radius 3 is 2.12 bits per heavy atom. The van der Waals surface area contributed by atoms with E-state index in [2.05, 4.69) is 125 Å². The van der Waals surface area contributed by atoms with Gasteiger partial charge in [0, 0.05) is 37.1 Å².